The normalized spacial score (nSPS) is 11.4. The van der Waals surface area contributed by atoms with E-state index >= 15 is 0 Å². The van der Waals surface area contributed by atoms with Gasteiger partial charge in [0.05, 0.1) is 0 Å². The van der Waals surface area contributed by atoms with Gasteiger partial charge in [0.15, 0.2) is 11.6 Å². The second-order valence-electron chi connectivity index (χ2n) is 15.2. The number of benzene rings is 9. The monoisotopic (exact) mass is 834 g/mol. The highest BCUT2D eigenvalue weighted by Gasteiger charge is 2.28. The van der Waals surface area contributed by atoms with Crippen LogP contribution in [-0.2, 0) is 0 Å². The smallest absolute Gasteiger partial charge is 0.186 e. The summed E-state index contributed by atoms with van der Waals surface area (Å²) < 4.78 is 0. The van der Waals surface area contributed by atoms with Crippen molar-refractivity contribution in [3.63, 3.8) is 0 Å². The zero-order chi connectivity index (χ0) is 42.2. The summed E-state index contributed by atoms with van der Waals surface area (Å²) in [5.41, 5.74) is 5.48. The van der Waals surface area contributed by atoms with Crippen molar-refractivity contribution in [2.75, 3.05) is 0 Å². The molecule has 0 N–H and O–H groups in total. The van der Waals surface area contributed by atoms with E-state index in [1.807, 2.05) is 96.5 Å². The molecule has 298 valence electrons. The first-order valence-corrected chi connectivity index (χ1v) is 24.5. The van der Waals surface area contributed by atoms with Crippen molar-refractivity contribution in [2.45, 2.75) is 0 Å². The number of hydrogen-bond acceptors (Lipinski definition) is 2. The molecule has 0 amide bonds. The van der Waals surface area contributed by atoms with E-state index in [4.69, 9.17) is 0 Å². The Bertz CT molecular complexity index is 2620. The van der Waals surface area contributed by atoms with Crippen molar-refractivity contribution in [1.82, 2.24) is 0 Å². The van der Waals surface area contributed by atoms with E-state index in [0.29, 0.717) is 11.1 Å². The maximum Gasteiger partial charge on any atom is 0.186 e. The molecule has 4 heteroatoms. The minimum absolute atomic E-state index is 0.00378. The number of Topliss-reactive ketones (excluding diaryl/α,β-unsaturated/α-hetero) is 2. The Morgan fingerprint density at radius 2 is 0.419 bits per heavy atom. The van der Waals surface area contributed by atoms with Gasteiger partial charge in [0.1, 0.15) is 0 Å². The van der Waals surface area contributed by atoms with Gasteiger partial charge in [0, 0.05) is 11.1 Å². The molecule has 2 nitrogen and oxygen atoms in total. The van der Waals surface area contributed by atoms with Crippen LogP contribution in [0.4, 0.5) is 0 Å². The highest BCUT2D eigenvalue weighted by molar-refractivity contribution is 7.95. The second-order valence-corrected chi connectivity index (χ2v) is 21.7. The van der Waals surface area contributed by atoms with Gasteiger partial charge in [-0.1, -0.05) is 255 Å². The van der Waals surface area contributed by atoms with E-state index in [9.17, 15) is 9.59 Å². The number of carbonyl (C=O) groups is 2. The predicted octanol–water partition coefficient (Wildman–Crippen LogP) is 11.0. The largest absolute Gasteiger partial charge is 0.289 e. The lowest BCUT2D eigenvalue weighted by atomic mass is 9.98. The van der Waals surface area contributed by atoms with Gasteiger partial charge in [0.2, 0.25) is 0 Å². The van der Waals surface area contributed by atoms with Gasteiger partial charge in [0.25, 0.3) is 0 Å². The summed E-state index contributed by atoms with van der Waals surface area (Å²) >= 11 is 0. The molecule has 0 spiro atoms. The fourth-order valence-corrected chi connectivity index (χ4v) is 15.9. The third-order valence-corrected chi connectivity index (χ3v) is 19.4. The van der Waals surface area contributed by atoms with Crippen molar-refractivity contribution in [2.24, 2.45) is 0 Å². The lowest BCUT2D eigenvalue weighted by Crippen LogP contribution is -2.28. The molecule has 0 saturated carbocycles. The first-order valence-electron chi connectivity index (χ1n) is 20.8. The van der Waals surface area contributed by atoms with Crippen molar-refractivity contribution in [1.29, 1.82) is 0 Å². The summed E-state index contributed by atoms with van der Waals surface area (Å²) in [5.74, 6) is 3.98. The van der Waals surface area contributed by atoms with E-state index in [2.05, 4.69) is 170 Å². The molecule has 9 aromatic carbocycles. The molecule has 0 aliphatic carbocycles. The zero-order valence-electron chi connectivity index (χ0n) is 34.1. The third kappa shape index (κ3) is 8.07. The molecule has 0 saturated heterocycles. The van der Waals surface area contributed by atoms with Gasteiger partial charge in [-0.25, -0.2) is 0 Å². The summed E-state index contributed by atoms with van der Waals surface area (Å²) in [6.07, 6.45) is 0. The van der Waals surface area contributed by atoms with Crippen molar-refractivity contribution in [3.05, 3.63) is 266 Å². The van der Waals surface area contributed by atoms with Crippen molar-refractivity contribution in [3.8, 4) is 22.3 Å². The molecule has 0 aliphatic rings. The minimum atomic E-state index is -2.43. The van der Waals surface area contributed by atoms with Crippen LogP contribution >= 0.6 is 13.8 Å². The lowest BCUT2D eigenvalue weighted by molar-refractivity contribution is 0.106. The molecule has 0 radical (unpaired) electrons. The predicted molar refractivity (Wildman–Crippen MR) is 268 cm³/mol. The molecule has 9 aromatic rings. The Kier molecular flexibility index (Phi) is 11.9. The van der Waals surface area contributed by atoms with Crippen LogP contribution in [0.15, 0.2) is 255 Å². The van der Waals surface area contributed by atoms with Crippen LogP contribution in [0.5, 0.6) is 0 Å². The maximum atomic E-state index is 14.3. The highest BCUT2D eigenvalue weighted by Crippen LogP contribution is 2.45. The number of rotatable bonds is 12. The van der Waals surface area contributed by atoms with Gasteiger partial charge in [-0.15, -0.1) is 0 Å². The van der Waals surface area contributed by atoms with Crippen LogP contribution in [-0.4, -0.2) is 23.2 Å². The first-order chi connectivity index (χ1) is 30.5. The summed E-state index contributed by atoms with van der Waals surface area (Å²) in [6, 6.07) is 86.9. The zero-order valence-corrected chi connectivity index (χ0v) is 35.9. The Morgan fingerprint density at radius 1 is 0.242 bits per heavy atom. The molecule has 0 unspecified atom stereocenters. The summed E-state index contributed by atoms with van der Waals surface area (Å²) in [6.45, 7) is -4.86. The maximum absolute atomic E-state index is 14.3. The van der Waals surface area contributed by atoms with Crippen LogP contribution in [0.3, 0.4) is 0 Å². The van der Waals surface area contributed by atoms with Crippen molar-refractivity contribution < 1.29 is 9.59 Å². The minimum Gasteiger partial charge on any atom is -0.289 e. The van der Waals surface area contributed by atoms with Gasteiger partial charge in [-0.2, -0.15) is 0 Å². The summed E-state index contributed by atoms with van der Waals surface area (Å²) in [7, 11) is 0. The molecule has 0 bridgehead atoms. The first kappa shape index (κ1) is 40.3. The van der Waals surface area contributed by atoms with Crippen LogP contribution in [0, 0.1) is 0 Å². The molecule has 0 aromatic heterocycles. The molecule has 62 heavy (non-hydrogen) atoms. The molecular formula is C58H44O2P2. The SMILES string of the molecule is O=C(C=P(c1ccccc1)(c1ccccc1)c1ccccc1)c1ccc(-c2ccc(-c3ccc(C(=O)C=P(c4ccccc4)(c4ccccc4)c4ccccc4)cc3)cc2)cc1. The van der Waals surface area contributed by atoms with Gasteiger partial charge in [-0.3, -0.25) is 9.59 Å². The van der Waals surface area contributed by atoms with E-state index in [1.54, 1.807) is 0 Å². The lowest BCUT2D eigenvalue weighted by Gasteiger charge is -2.28. The number of carbonyl (C=O) groups excluding carboxylic acids is 2. The fraction of sp³-hybridized carbons (Fsp3) is 0. The summed E-state index contributed by atoms with van der Waals surface area (Å²) in [4.78, 5) is 28.6. The molecule has 0 heterocycles. The average Bonchev–Trinajstić information content (AvgIpc) is 3.36. The third-order valence-electron chi connectivity index (χ3n) is 11.5. The molecule has 0 aliphatic heterocycles. The van der Waals surface area contributed by atoms with E-state index in [-0.39, 0.29) is 11.6 Å². The van der Waals surface area contributed by atoms with Crippen LogP contribution in [0.2, 0.25) is 0 Å². The Hall–Kier alpha value is -7.08. The Morgan fingerprint density at radius 3 is 0.613 bits per heavy atom. The topological polar surface area (TPSA) is 34.1 Å². The van der Waals surface area contributed by atoms with E-state index in [0.717, 1.165) is 54.1 Å². The van der Waals surface area contributed by atoms with Gasteiger partial charge < -0.3 is 0 Å². The molecule has 0 fully saturated rings. The van der Waals surface area contributed by atoms with Crippen LogP contribution in [0.1, 0.15) is 20.7 Å². The quantitative estimate of drug-likeness (QED) is 0.0908. The average molecular weight is 835 g/mol. The van der Waals surface area contributed by atoms with Gasteiger partial charge >= 0.3 is 0 Å². The highest BCUT2D eigenvalue weighted by atomic mass is 31.2. The van der Waals surface area contributed by atoms with E-state index in [1.165, 1.54) is 0 Å². The van der Waals surface area contributed by atoms with E-state index < -0.39 is 13.8 Å². The van der Waals surface area contributed by atoms with Crippen LogP contribution < -0.4 is 31.8 Å². The second kappa shape index (κ2) is 18.3. The summed E-state index contributed by atoms with van der Waals surface area (Å²) in [5, 5.41) is 6.83. The number of hydrogen-bond donors (Lipinski definition) is 0. The van der Waals surface area contributed by atoms with Gasteiger partial charge in [-0.05, 0) is 79.4 Å². The Balaban J connectivity index is 0.988. The van der Waals surface area contributed by atoms with Crippen LogP contribution in [0.25, 0.3) is 22.3 Å². The van der Waals surface area contributed by atoms with Crippen molar-refractivity contribution >= 4 is 68.8 Å². The molecular weight excluding hydrogens is 791 g/mol. The Labute approximate surface area is 364 Å². The molecule has 9 rings (SSSR count). The molecule has 0 atom stereocenters. The number of ketones is 2. The standard InChI is InChI=1S/C58H44O2P2/c59-57(43-61(51-19-7-1-8-20-51,52-21-9-2-10-22-52)53-23-11-3-12-24-53)49-39-35-47(36-40-49)45-31-33-46(34-32-45)48-37-41-50(42-38-48)58(60)44-62(54-25-13-4-14-26-54,55-27-15-5-16-28-55)56-29-17-6-18-30-56/h1-44H. The fourth-order valence-electron chi connectivity index (χ4n) is 8.33.